The van der Waals surface area contributed by atoms with Gasteiger partial charge in [0.25, 0.3) is 0 Å². The smallest absolute Gasteiger partial charge is 0.407 e. The lowest BCUT2D eigenvalue weighted by molar-refractivity contribution is -0.147. The van der Waals surface area contributed by atoms with Crippen LogP contribution in [0.25, 0.3) is 0 Å². The molecule has 0 aromatic rings. The molecule has 1 aliphatic heterocycles. The minimum atomic E-state index is -1.20. The predicted molar refractivity (Wildman–Crippen MR) is 254 cm³/mol. The van der Waals surface area contributed by atoms with Gasteiger partial charge in [-0.3, -0.25) is 24.0 Å². The first-order valence-corrected chi connectivity index (χ1v) is 25.5. The zero-order valence-electron chi connectivity index (χ0n) is 41.5. The maximum absolute atomic E-state index is 14.6. The molecule has 0 aromatic heterocycles. The van der Waals surface area contributed by atoms with Gasteiger partial charge in [-0.2, -0.15) is 0 Å². The molecule has 66 heavy (non-hydrogen) atoms. The quantitative estimate of drug-likeness (QED) is 0.0813. The summed E-state index contributed by atoms with van der Waals surface area (Å²) >= 11 is 0. The number of carbonyl (C=O) groups is 6. The van der Waals surface area contributed by atoms with E-state index in [1.165, 1.54) is 19.3 Å². The third-order valence-corrected chi connectivity index (χ3v) is 14.0. The second kappa shape index (κ2) is 28.1. The fourth-order valence-electron chi connectivity index (χ4n) is 10.4. The Morgan fingerprint density at radius 1 is 0.803 bits per heavy atom. The number of ether oxygens (including phenoxy) is 3. The highest BCUT2D eigenvalue weighted by Crippen LogP contribution is 2.46. The van der Waals surface area contributed by atoms with Crippen LogP contribution in [0.2, 0.25) is 0 Å². The Kier molecular flexibility index (Phi) is 23.4. The first kappa shape index (κ1) is 55.1. The van der Waals surface area contributed by atoms with Crippen molar-refractivity contribution >= 4 is 35.6 Å². The number of likely N-dealkylation sites (N-methyl/N-ethyl adjacent to an activating group) is 1. The Hall–Kier alpha value is -3.54. The van der Waals surface area contributed by atoms with Gasteiger partial charge >= 0.3 is 6.09 Å². The highest BCUT2D eigenvalue weighted by Gasteiger charge is 2.41. The van der Waals surface area contributed by atoms with Crippen LogP contribution in [0.15, 0.2) is 0 Å². The zero-order chi connectivity index (χ0) is 48.2. The Balaban J connectivity index is 1.52. The Labute approximate surface area is 395 Å². The molecule has 8 N–H and O–H groups in total. The summed E-state index contributed by atoms with van der Waals surface area (Å²) in [5, 5.41) is 17.8. The summed E-state index contributed by atoms with van der Waals surface area (Å²) in [7, 11) is 1.69. The van der Waals surface area contributed by atoms with Gasteiger partial charge in [0.15, 0.2) is 0 Å². The van der Waals surface area contributed by atoms with Crippen LogP contribution in [0, 0.1) is 29.6 Å². The molecule has 4 fully saturated rings. The van der Waals surface area contributed by atoms with Crippen LogP contribution >= 0.6 is 0 Å². The van der Waals surface area contributed by atoms with Crippen molar-refractivity contribution in [3.63, 3.8) is 0 Å². The molecule has 0 aromatic carbocycles. The number of amides is 6. The van der Waals surface area contributed by atoms with Crippen LogP contribution in [-0.2, 0) is 38.2 Å². The SMILES string of the molecule is CCCC[C@H]1C(=O)N[C@@H](C2CCCCCC2)C(=O)N[C@@H](CN)C(=O)N[C@@H](COCCCNCCCNC(=O)OC(C)(C)C)C(=O)N[C@H](C)CO[C@H](CC2C[C@H]3CC[C@@H](C2)C3)[C@@H](C)C(=O)N1C. The van der Waals surface area contributed by atoms with Crippen molar-refractivity contribution in [1.29, 1.82) is 0 Å². The van der Waals surface area contributed by atoms with E-state index in [1.807, 2.05) is 41.5 Å². The minimum absolute atomic E-state index is 0.127. The fourth-order valence-corrected chi connectivity index (χ4v) is 10.4. The molecule has 3 saturated carbocycles. The first-order valence-electron chi connectivity index (χ1n) is 25.5. The van der Waals surface area contributed by atoms with Crippen LogP contribution in [0.4, 0.5) is 4.79 Å². The van der Waals surface area contributed by atoms with Crippen LogP contribution in [0.3, 0.4) is 0 Å². The number of nitrogens with zero attached hydrogens (tertiary/aromatic N) is 1. The molecule has 17 heteroatoms. The Bertz CT molecular complexity index is 1530. The van der Waals surface area contributed by atoms with Crippen molar-refractivity contribution in [3.05, 3.63) is 0 Å². The van der Waals surface area contributed by atoms with Crippen molar-refractivity contribution in [1.82, 2.24) is 36.8 Å². The largest absolute Gasteiger partial charge is 0.444 e. The van der Waals surface area contributed by atoms with Crippen molar-refractivity contribution in [3.8, 4) is 0 Å². The van der Waals surface area contributed by atoms with Crippen molar-refractivity contribution < 1.29 is 43.0 Å². The maximum Gasteiger partial charge on any atom is 0.407 e. The number of hydrogen-bond acceptors (Lipinski definition) is 11. The lowest BCUT2D eigenvalue weighted by atomic mass is 9.77. The van der Waals surface area contributed by atoms with E-state index < -0.39 is 77.6 Å². The molecule has 6 amide bonds. The van der Waals surface area contributed by atoms with Gasteiger partial charge in [0.1, 0.15) is 29.8 Å². The highest BCUT2D eigenvalue weighted by atomic mass is 16.6. The molecular weight excluding hydrogens is 845 g/mol. The van der Waals surface area contributed by atoms with E-state index in [1.54, 1.807) is 11.9 Å². The first-order chi connectivity index (χ1) is 31.5. The van der Waals surface area contributed by atoms with E-state index in [0.29, 0.717) is 76.1 Å². The molecular formula is C49H88N8O9. The average Bonchev–Trinajstić information content (AvgIpc) is 3.41. The molecule has 4 aliphatic rings. The highest BCUT2D eigenvalue weighted by molar-refractivity contribution is 5.96. The molecule has 0 radical (unpaired) electrons. The van der Waals surface area contributed by atoms with Crippen LogP contribution < -0.4 is 37.6 Å². The number of carbonyl (C=O) groups excluding carboxylic acids is 6. The van der Waals surface area contributed by atoms with Gasteiger partial charge in [0.2, 0.25) is 29.5 Å². The summed E-state index contributed by atoms with van der Waals surface area (Å²) in [6, 6.07) is -4.59. The average molecular weight is 933 g/mol. The summed E-state index contributed by atoms with van der Waals surface area (Å²) in [5.74, 6) is -1.18. The fraction of sp³-hybridized carbons (Fsp3) is 0.878. The van der Waals surface area contributed by atoms with Gasteiger partial charge < -0.3 is 56.7 Å². The molecule has 4 rings (SSSR count). The van der Waals surface area contributed by atoms with Crippen molar-refractivity contribution in [2.24, 2.45) is 35.3 Å². The molecule has 17 nitrogen and oxygen atoms in total. The molecule has 1 unspecified atom stereocenters. The van der Waals surface area contributed by atoms with Gasteiger partial charge in [0.05, 0.1) is 25.2 Å². The monoisotopic (exact) mass is 933 g/mol. The van der Waals surface area contributed by atoms with Crippen LogP contribution in [-0.4, -0.2) is 135 Å². The summed E-state index contributed by atoms with van der Waals surface area (Å²) in [5.41, 5.74) is 5.58. The summed E-state index contributed by atoms with van der Waals surface area (Å²) in [6.07, 6.45) is 14.4. The topological polar surface area (TPSA) is 232 Å². The van der Waals surface area contributed by atoms with Gasteiger partial charge in [-0.1, -0.05) is 65.2 Å². The predicted octanol–water partition coefficient (Wildman–Crippen LogP) is 4.05. The van der Waals surface area contributed by atoms with E-state index in [9.17, 15) is 28.8 Å². The second-order valence-corrected chi connectivity index (χ2v) is 20.9. The number of fused-ring (bicyclic) bond motifs is 2. The van der Waals surface area contributed by atoms with E-state index in [4.69, 9.17) is 19.9 Å². The second-order valence-electron chi connectivity index (χ2n) is 20.9. The van der Waals surface area contributed by atoms with E-state index in [0.717, 1.165) is 57.8 Å². The lowest BCUT2D eigenvalue weighted by Crippen LogP contribution is -2.62. The number of unbranched alkanes of at least 4 members (excludes halogenated alkanes) is 1. The number of rotatable bonds is 17. The Morgan fingerprint density at radius 3 is 2.11 bits per heavy atom. The molecule has 1 saturated heterocycles. The van der Waals surface area contributed by atoms with E-state index in [2.05, 4.69) is 31.9 Å². The molecule has 10 atom stereocenters. The standard InChI is InChI=1S/C49H88N8O9/c1-8-9-18-40-45(60)56-42(37-16-12-10-11-13-17-37)46(61)54-38(29-50)43(58)55-39(31-64-24-15-22-51-21-14-23-52-48(63)66-49(4,5)6)44(59)53-32(2)30-65-41(33(3)47(62)57(40)7)28-36-26-34-19-20-35(25-34)27-36/h32-42,51H,8-31,50H2,1-7H3,(H,52,63)(H,53,59)(H,54,61)(H,55,58)(H,56,60)/t32-,33-,34-,35+,36?,38+,39+,40+,41-,42+/m1/s1. The normalized spacial score (nSPS) is 30.5. The summed E-state index contributed by atoms with van der Waals surface area (Å²) < 4.78 is 17.9. The molecule has 3 aliphatic carbocycles. The summed E-state index contributed by atoms with van der Waals surface area (Å²) in [4.78, 5) is 84.9. The number of hydrogen-bond donors (Lipinski definition) is 7. The third kappa shape index (κ3) is 18.5. The number of nitrogens with one attached hydrogen (secondary N) is 6. The lowest BCUT2D eigenvalue weighted by Gasteiger charge is -2.36. The van der Waals surface area contributed by atoms with Gasteiger partial charge in [-0.25, -0.2) is 4.79 Å². The van der Waals surface area contributed by atoms with Crippen LogP contribution in [0.5, 0.6) is 0 Å². The van der Waals surface area contributed by atoms with Gasteiger partial charge in [0, 0.05) is 32.8 Å². The number of nitrogens with two attached hydrogens (primary N) is 1. The number of alkyl carbamates (subject to hydrolysis) is 1. The molecule has 1 heterocycles. The van der Waals surface area contributed by atoms with E-state index >= 15 is 0 Å². The third-order valence-electron chi connectivity index (χ3n) is 14.0. The maximum atomic E-state index is 14.6. The molecule has 378 valence electrons. The van der Waals surface area contributed by atoms with Gasteiger partial charge in [-0.05, 0) is 122 Å². The molecule has 2 bridgehead atoms. The van der Waals surface area contributed by atoms with Crippen molar-refractivity contribution in [2.45, 2.75) is 193 Å². The summed E-state index contributed by atoms with van der Waals surface area (Å²) in [6.45, 7) is 13.0. The van der Waals surface area contributed by atoms with Crippen molar-refractivity contribution in [2.75, 3.05) is 53.0 Å². The molecule has 0 spiro atoms. The minimum Gasteiger partial charge on any atom is -0.444 e. The van der Waals surface area contributed by atoms with Crippen LogP contribution in [0.1, 0.15) is 151 Å². The van der Waals surface area contributed by atoms with E-state index in [-0.39, 0.29) is 31.6 Å². The Morgan fingerprint density at radius 2 is 1.45 bits per heavy atom. The van der Waals surface area contributed by atoms with Gasteiger partial charge in [-0.15, -0.1) is 0 Å². The zero-order valence-corrected chi connectivity index (χ0v) is 41.5.